The number of esters is 2. The molecular formula is C47H38F8N2O12. The molecular weight excluding hydrogens is 937 g/mol. The Morgan fingerprint density at radius 1 is 0.580 bits per heavy atom. The van der Waals surface area contributed by atoms with E-state index in [0.717, 1.165) is 62.8 Å². The number of rotatable bonds is 21. The van der Waals surface area contributed by atoms with E-state index in [1.54, 1.807) is 0 Å². The number of nitrogen functional groups attached to an aromatic ring is 2. The molecule has 22 heteroatoms. The average molecular weight is 975 g/mol. The van der Waals surface area contributed by atoms with E-state index in [2.05, 4.69) is 9.47 Å². The fourth-order valence-electron chi connectivity index (χ4n) is 6.09. The Morgan fingerprint density at radius 3 is 1.38 bits per heavy atom. The summed E-state index contributed by atoms with van der Waals surface area (Å²) in [6.07, 6.45) is -14.2. The molecule has 0 aliphatic carbocycles. The Balaban J connectivity index is 1.24. The summed E-state index contributed by atoms with van der Waals surface area (Å²) in [7, 11) is 2.07. The molecule has 69 heavy (non-hydrogen) atoms. The van der Waals surface area contributed by atoms with Crippen LogP contribution in [-0.2, 0) is 9.59 Å². The Kier molecular flexibility index (Phi) is 16.4. The highest BCUT2D eigenvalue weighted by molar-refractivity contribution is 6.01. The molecule has 364 valence electrons. The van der Waals surface area contributed by atoms with Crippen LogP contribution in [0.5, 0.6) is 34.5 Å². The van der Waals surface area contributed by atoms with E-state index in [-0.39, 0.29) is 45.1 Å². The monoisotopic (exact) mass is 974 g/mol. The van der Waals surface area contributed by atoms with E-state index in [0.29, 0.717) is 5.56 Å². The molecule has 5 aromatic carbocycles. The number of nitrogens with two attached hydrogens (primary N) is 2. The molecule has 14 nitrogen and oxygen atoms in total. The summed E-state index contributed by atoms with van der Waals surface area (Å²) in [6.45, 7) is 0. The lowest BCUT2D eigenvalue weighted by atomic mass is 9.83. The smallest absolute Gasteiger partial charge is 0.461 e. The lowest BCUT2D eigenvalue weighted by Crippen LogP contribution is -2.44. The number of anilines is 2. The summed E-state index contributed by atoms with van der Waals surface area (Å²) >= 11 is 0. The van der Waals surface area contributed by atoms with Crippen LogP contribution in [0.3, 0.4) is 0 Å². The molecule has 0 radical (unpaired) electrons. The third-order valence-corrected chi connectivity index (χ3v) is 9.53. The molecule has 0 amide bonds. The first-order valence-corrected chi connectivity index (χ1v) is 19.7. The van der Waals surface area contributed by atoms with E-state index >= 15 is 0 Å². The van der Waals surface area contributed by atoms with Crippen LogP contribution < -0.4 is 39.9 Å². The van der Waals surface area contributed by atoms with Gasteiger partial charge in [-0.1, -0.05) is 36.4 Å². The normalized spacial score (nSPS) is 12.6. The third-order valence-electron chi connectivity index (χ3n) is 9.53. The Labute approximate surface area is 385 Å². The summed E-state index contributed by atoms with van der Waals surface area (Å²) in [5, 5.41) is 22.6. The maximum atomic E-state index is 13.4. The second-order valence-electron chi connectivity index (χ2n) is 14.5. The van der Waals surface area contributed by atoms with Gasteiger partial charge in [0.1, 0.15) is 11.5 Å². The molecule has 1 unspecified atom stereocenters. The van der Waals surface area contributed by atoms with Crippen LogP contribution in [0, 0.1) is 0 Å². The third kappa shape index (κ3) is 13.6. The fourth-order valence-corrected chi connectivity index (χ4v) is 6.09. The molecule has 5 rings (SSSR count). The van der Waals surface area contributed by atoms with Crippen LogP contribution in [0.2, 0.25) is 0 Å². The van der Waals surface area contributed by atoms with Gasteiger partial charge in [-0.2, -0.15) is 35.1 Å². The van der Waals surface area contributed by atoms with Crippen LogP contribution >= 0.6 is 0 Å². The van der Waals surface area contributed by atoms with Gasteiger partial charge in [0.05, 0.1) is 31.3 Å². The predicted octanol–water partition coefficient (Wildman–Crippen LogP) is 8.50. The van der Waals surface area contributed by atoms with Crippen LogP contribution in [0.25, 0.3) is 12.2 Å². The maximum absolute atomic E-state index is 13.4. The van der Waals surface area contributed by atoms with Crippen molar-refractivity contribution in [3.63, 3.8) is 0 Å². The van der Waals surface area contributed by atoms with Crippen molar-refractivity contribution in [1.29, 1.82) is 0 Å². The van der Waals surface area contributed by atoms with Gasteiger partial charge in [-0.15, -0.1) is 0 Å². The number of methoxy groups -OCH3 is 2. The molecule has 0 spiro atoms. The number of carbonyl (C=O) groups excluding carboxylic acids is 4. The number of hydrogen-bond donors (Lipinski definition) is 4. The summed E-state index contributed by atoms with van der Waals surface area (Å²) in [5.74, 6) is -11.3. The minimum Gasteiger partial charge on any atom is -0.493 e. The van der Waals surface area contributed by atoms with Crippen LogP contribution in [0.15, 0.2) is 115 Å². The van der Waals surface area contributed by atoms with Gasteiger partial charge in [-0.25, -0.2) is 9.59 Å². The van der Waals surface area contributed by atoms with Gasteiger partial charge < -0.3 is 50.1 Å². The van der Waals surface area contributed by atoms with Crippen molar-refractivity contribution in [2.45, 2.75) is 43.2 Å². The topological polar surface area (TPSA) is 216 Å². The van der Waals surface area contributed by atoms with Gasteiger partial charge in [-0.3, -0.25) is 9.59 Å². The Hall–Kier alpha value is -7.98. The summed E-state index contributed by atoms with van der Waals surface area (Å²) < 4.78 is 133. The molecule has 0 heterocycles. The van der Waals surface area contributed by atoms with Crippen LogP contribution in [0.4, 0.5) is 46.5 Å². The van der Waals surface area contributed by atoms with Gasteiger partial charge in [0.25, 0.3) is 0 Å². The number of ketones is 2. The highest BCUT2D eigenvalue weighted by atomic mass is 19.3. The zero-order valence-electron chi connectivity index (χ0n) is 35.7. The van der Waals surface area contributed by atoms with Gasteiger partial charge in [-0.05, 0) is 108 Å². The summed E-state index contributed by atoms with van der Waals surface area (Å²) in [6, 6.07) is 20.3. The molecule has 0 aliphatic rings. The molecule has 0 bridgehead atoms. The highest BCUT2D eigenvalue weighted by Gasteiger charge is 2.46. The van der Waals surface area contributed by atoms with Crippen molar-refractivity contribution < 1.29 is 92.9 Å². The highest BCUT2D eigenvalue weighted by Crippen LogP contribution is 2.38. The lowest BCUT2D eigenvalue weighted by molar-refractivity contribution is -0.253. The number of halogens is 8. The van der Waals surface area contributed by atoms with Crippen molar-refractivity contribution in [2.24, 2.45) is 0 Å². The predicted molar refractivity (Wildman–Crippen MR) is 230 cm³/mol. The molecule has 0 saturated carbocycles. The second kappa shape index (κ2) is 21.8. The van der Waals surface area contributed by atoms with Gasteiger partial charge in [0, 0.05) is 17.8 Å². The van der Waals surface area contributed by atoms with Crippen molar-refractivity contribution in [3.8, 4) is 34.5 Å². The number of allylic oxidation sites excluding steroid dienone is 1. The van der Waals surface area contributed by atoms with Gasteiger partial charge in [0.2, 0.25) is 11.6 Å². The standard InChI is InChI=1S/C47H38F8N2O12/c1-64-38-21-27(9-16-36(38)68-46(52,53)43(48)49)41(60)66-33-12-4-25(5-13-33)3-11-32(58)24-35(29-19-30(56)23-31(57)20-29)45(62,63)40(59)18-8-26-6-14-34(15-7-26)67-42(61)28-10-17-37(39(22-28)65-2)69-47(54,55)44(50)51/h3-23,35,43-44,62-63H,24,56-57H2,1-2H3. The first-order chi connectivity index (χ1) is 32.4. The second-order valence-corrected chi connectivity index (χ2v) is 14.5. The van der Waals surface area contributed by atoms with Crippen LogP contribution in [-0.4, -0.2) is 78.8 Å². The van der Waals surface area contributed by atoms with Crippen molar-refractivity contribution >= 4 is 47.0 Å². The minimum absolute atomic E-state index is 0.00783. The minimum atomic E-state index is -4.84. The fraction of sp³-hybridized carbons (Fsp3) is 0.191. The number of carbonyl (C=O) groups is 4. The Bertz CT molecular complexity index is 2710. The van der Waals surface area contributed by atoms with Crippen LogP contribution in [0.1, 0.15) is 49.7 Å². The maximum Gasteiger partial charge on any atom is 0.461 e. The van der Waals surface area contributed by atoms with Crippen molar-refractivity contribution in [3.05, 3.63) is 143 Å². The average Bonchev–Trinajstić information content (AvgIpc) is 3.29. The zero-order chi connectivity index (χ0) is 50.8. The van der Waals surface area contributed by atoms with E-state index < -0.39 is 89.7 Å². The van der Waals surface area contributed by atoms with E-state index in [1.807, 2.05) is 0 Å². The van der Waals surface area contributed by atoms with E-state index in [9.17, 15) is 64.5 Å². The number of aliphatic hydroxyl groups is 2. The van der Waals surface area contributed by atoms with E-state index in [1.165, 1.54) is 78.9 Å². The zero-order valence-corrected chi connectivity index (χ0v) is 35.7. The summed E-state index contributed by atoms with van der Waals surface area (Å²) in [4.78, 5) is 52.3. The van der Waals surface area contributed by atoms with Crippen molar-refractivity contribution in [1.82, 2.24) is 0 Å². The molecule has 6 N–H and O–H groups in total. The first kappa shape index (κ1) is 52.0. The SMILES string of the molecule is COc1cc(C(=O)Oc2ccc(C=CC(=O)CC(c3cc(N)cc(N)c3)C(O)(O)C(=O)C=Cc3ccc(OC(=O)c4ccc(OC(F)(F)C(F)F)c(OC)c4)cc3)cc2)ccc1OC(F)(F)C(F)F. The molecule has 5 aromatic rings. The number of hydrogen-bond acceptors (Lipinski definition) is 14. The Morgan fingerprint density at radius 2 is 0.986 bits per heavy atom. The lowest BCUT2D eigenvalue weighted by Gasteiger charge is -2.29. The molecule has 1 atom stereocenters. The summed E-state index contributed by atoms with van der Waals surface area (Å²) in [5.41, 5.74) is 12.3. The number of benzene rings is 5. The van der Waals surface area contributed by atoms with Gasteiger partial charge >= 0.3 is 37.0 Å². The number of ether oxygens (including phenoxy) is 6. The molecule has 0 aromatic heterocycles. The molecule has 0 saturated heterocycles. The first-order valence-electron chi connectivity index (χ1n) is 19.7. The van der Waals surface area contributed by atoms with E-state index in [4.69, 9.17) is 30.4 Å². The number of alkyl halides is 8. The van der Waals surface area contributed by atoms with Crippen molar-refractivity contribution in [2.75, 3.05) is 25.7 Å². The quantitative estimate of drug-likeness (QED) is 0.0136. The van der Waals surface area contributed by atoms with Gasteiger partial charge in [0.15, 0.2) is 28.8 Å². The molecule has 0 fully saturated rings. The largest absolute Gasteiger partial charge is 0.493 e. The molecule has 0 aliphatic heterocycles.